The molecule has 27 heavy (non-hydrogen) atoms. The van der Waals surface area contributed by atoms with Crippen molar-refractivity contribution in [1.29, 1.82) is 0 Å². The molecule has 0 saturated heterocycles. The quantitative estimate of drug-likeness (QED) is 0.740. The van der Waals surface area contributed by atoms with Crippen LogP contribution in [0.25, 0.3) is 0 Å². The standard InChI is InChI=1S/C21H24Cl2N2O2/c1-4-24-21(27)15(3)25(13-16-9-10-18(22)19(23)11-16)20(26)12-17-8-6-5-7-14(17)2/h5-11,15H,4,12-13H2,1-3H3,(H,24,27)/t15-/m0/s1. The summed E-state index contributed by atoms with van der Waals surface area (Å²) in [5.41, 5.74) is 2.81. The molecular formula is C21H24Cl2N2O2. The molecule has 0 spiro atoms. The van der Waals surface area contributed by atoms with Gasteiger partial charge in [0, 0.05) is 13.1 Å². The van der Waals surface area contributed by atoms with Crippen LogP contribution < -0.4 is 5.32 Å². The summed E-state index contributed by atoms with van der Waals surface area (Å²) in [6.45, 7) is 6.34. The van der Waals surface area contributed by atoms with Crippen LogP contribution >= 0.6 is 23.2 Å². The Bertz CT molecular complexity index is 824. The van der Waals surface area contributed by atoms with E-state index >= 15 is 0 Å². The van der Waals surface area contributed by atoms with Crippen molar-refractivity contribution < 1.29 is 9.59 Å². The fraction of sp³-hybridized carbons (Fsp3) is 0.333. The molecule has 0 aliphatic rings. The number of nitrogens with zero attached hydrogens (tertiary/aromatic N) is 1. The average molecular weight is 407 g/mol. The van der Waals surface area contributed by atoms with E-state index in [-0.39, 0.29) is 24.8 Å². The first-order valence-corrected chi connectivity index (χ1v) is 9.64. The van der Waals surface area contributed by atoms with Crippen molar-refractivity contribution in [2.45, 2.75) is 39.8 Å². The predicted molar refractivity (Wildman–Crippen MR) is 110 cm³/mol. The van der Waals surface area contributed by atoms with Crippen molar-refractivity contribution in [3.05, 3.63) is 69.2 Å². The Kier molecular flexibility index (Phi) is 7.69. The number of halogens is 2. The lowest BCUT2D eigenvalue weighted by Gasteiger charge is -2.29. The Labute approximate surface area is 170 Å². The normalized spacial score (nSPS) is 11.7. The summed E-state index contributed by atoms with van der Waals surface area (Å²) in [7, 11) is 0. The van der Waals surface area contributed by atoms with Crippen LogP contribution in [0.5, 0.6) is 0 Å². The third-order valence-electron chi connectivity index (χ3n) is 4.46. The molecule has 6 heteroatoms. The smallest absolute Gasteiger partial charge is 0.242 e. The van der Waals surface area contributed by atoms with Crippen molar-refractivity contribution in [2.24, 2.45) is 0 Å². The summed E-state index contributed by atoms with van der Waals surface area (Å²) in [4.78, 5) is 27.0. The maximum atomic E-state index is 13.1. The highest BCUT2D eigenvalue weighted by atomic mass is 35.5. The molecule has 1 N–H and O–H groups in total. The minimum Gasteiger partial charge on any atom is -0.355 e. The van der Waals surface area contributed by atoms with Crippen LogP contribution in [-0.4, -0.2) is 29.3 Å². The van der Waals surface area contributed by atoms with E-state index in [1.54, 1.807) is 24.0 Å². The van der Waals surface area contributed by atoms with Gasteiger partial charge in [0.25, 0.3) is 0 Å². The van der Waals surface area contributed by atoms with Crippen LogP contribution in [0.4, 0.5) is 0 Å². The van der Waals surface area contributed by atoms with Crippen LogP contribution in [0.15, 0.2) is 42.5 Å². The Hall–Kier alpha value is -2.04. The van der Waals surface area contributed by atoms with Crippen LogP contribution in [0.3, 0.4) is 0 Å². The second-order valence-corrected chi connectivity index (χ2v) is 7.26. The van der Waals surface area contributed by atoms with Crippen molar-refractivity contribution in [3.8, 4) is 0 Å². The number of hydrogen-bond acceptors (Lipinski definition) is 2. The Balaban J connectivity index is 2.27. The van der Waals surface area contributed by atoms with Crippen LogP contribution in [0.2, 0.25) is 10.0 Å². The lowest BCUT2D eigenvalue weighted by molar-refractivity contribution is -0.140. The predicted octanol–water partition coefficient (Wildman–Crippen LogP) is 4.40. The zero-order chi connectivity index (χ0) is 20.0. The Morgan fingerprint density at radius 1 is 1.11 bits per heavy atom. The second kappa shape index (κ2) is 9.77. The second-order valence-electron chi connectivity index (χ2n) is 6.44. The van der Waals surface area contributed by atoms with Gasteiger partial charge in [0.15, 0.2) is 0 Å². The lowest BCUT2D eigenvalue weighted by Crippen LogP contribution is -2.48. The highest BCUT2D eigenvalue weighted by molar-refractivity contribution is 6.42. The van der Waals surface area contributed by atoms with Gasteiger partial charge in [0.05, 0.1) is 16.5 Å². The SMILES string of the molecule is CCNC(=O)[C@H](C)N(Cc1ccc(Cl)c(Cl)c1)C(=O)Cc1ccccc1C. The molecule has 0 heterocycles. The van der Waals surface area contributed by atoms with Gasteiger partial charge in [-0.3, -0.25) is 9.59 Å². The first kappa shape index (κ1) is 21.3. The molecule has 2 rings (SSSR count). The minimum atomic E-state index is -0.601. The molecular weight excluding hydrogens is 383 g/mol. The fourth-order valence-electron chi connectivity index (χ4n) is 2.81. The van der Waals surface area contributed by atoms with Gasteiger partial charge in [0.2, 0.25) is 11.8 Å². The molecule has 4 nitrogen and oxygen atoms in total. The molecule has 1 atom stereocenters. The van der Waals surface area contributed by atoms with E-state index in [2.05, 4.69) is 5.32 Å². The number of aryl methyl sites for hydroxylation is 1. The molecule has 0 saturated carbocycles. The topological polar surface area (TPSA) is 49.4 Å². The van der Waals surface area contributed by atoms with E-state index in [1.807, 2.05) is 44.2 Å². The molecule has 0 unspecified atom stereocenters. The van der Waals surface area contributed by atoms with Gasteiger partial charge < -0.3 is 10.2 Å². The van der Waals surface area contributed by atoms with E-state index in [9.17, 15) is 9.59 Å². The van der Waals surface area contributed by atoms with Gasteiger partial charge in [-0.1, -0.05) is 53.5 Å². The van der Waals surface area contributed by atoms with Crippen molar-refractivity contribution in [2.75, 3.05) is 6.54 Å². The zero-order valence-electron chi connectivity index (χ0n) is 15.8. The Morgan fingerprint density at radius 2 is 1.81 bits per heavy atom. The third kappa shape index (κ3) is 5.72. The monoisotopic (exact) mass is 406 g/mol. The summed E-state index contributed by atoms with van der Waals surface area (Å²) in [6.07, 6.45) is 0.234. The molecule has 0 fully saturated rings. The van der Waals surface area contributed by atoms with Crippen LogP contribution in [0, 0.1) is 6.92 Å². The molecule has 0 aliphatic heterocycles. The highest BCUT2D eigenvalue weighted by Crippen LogP contribution is 2.24. The zero-order valence-corrected chi connectivity index (χ0v) is 17.3. The molecule has 0 aliphatic carbocycles. The molecule has 2 amide bonds. The molecule has 0 aromatic heterocycles. The van der Waals surface area contributed by atoms with Crippen LogP contribution in [-0.2, 0) is 22.6 Å². The van der Waals surface area contributed by atoms with Crippen LogP contribution in [0.1, 0.15) is 30.5 Å². The van der Waals surface area contributed by atoms with Crippen molar-refractivity contribution in [3.63, 3.8) is 0 Å². The van der Waals surface area contributed by atoms with Gasteiger partial charge in [-0.15, -0.1) is 0 Å². The summed E-state index contributed by atoms with van der Waals surface area (Å²) in [5.74, 6) is -0.301. The summed E-state index contributed by atoms with van der Waals surface area (Å²) >= 11 is 12.1. The maximum absolute atomic E-state index is 13.1. The number of amides is 2. The van der Waals surface area contributed by atoms with Gasteiger partial charge >= 0.3 is 0 Å². The fourth-order valence-corrected chi connectivity index (χ4v) is 3.13. The molecule has 2 aromatic rings. The van der Waals surface area contributed by atoms with E-state index < -0.39 is 6.04 Å². The Morgan fingerprint density at radius 3 is 2.44 bits per heavy atom. The van der Waals surface area contributed by atoms with Gasteiger partial charge in [-0.05, 0) is 49.6 Å². The largest absolute Gasteiger partial charge is 0.355 e. The maximum Gasteiger partial charge on any atom is 0.242 e. The number of rotatable bonds is 7. The third-order valence-corrected chi connectivity index (χ3v) is 5.20. The summed E-state index contributed by atoms with van der Waals surface area (Å²) in [5, 5.41) is 3.66. The van der Waals surface area contributed by atoms with E-state index in [0.29, 0.717) is 16.6 Å². The number of benzene rings is 2. The average Bonchev–Trinajstić information content (AvgIpc) is 2.64. The number of carbonyl (C=O) groups is 2. The number of likely N-dealkylation sites (N-methyl/N-ethyl adjacent to an activating group) is 1. The molecule has 0 bridgehead atoms. The number of hydrogen-bond donors (Lipinski definition) is 1. The van der Waals surface area contributed by atoms with Crippen molar-refractivity contribution >= 4 is 35.0 Å². The van der Waals surface area contributed by atoms with E-state index in [1.165, 1.54) is 0 Å². The van der Waals surface area contributed by atoms with E-state index in [4.69, 9.17) is 23.2 Å². The van der Waals surface area contributed by atoms with Gasteiger partial charge in [-0.2, -0.15) is 0 Å². The number of nitrogens with one attached hydrogen (secondary N) is 1. The molecule has 0 radical (unpaired) electrons. The summed E-state index contributed by atoms with van der Waals surface area (Å²) in [6, 6.07) is 12.4. The first-order chi connectivity index (χ1) is 12.8. The number of carbonyl (C=O) groups excluding carboxylic acids is 2. The first-order valence-electron chi connectivity index (χ1n) is 8.89. The summed E-state index contributed by atoms with van der Waals surface area (Å²) < 4.78 is 0. The van der Waals surface area contributed by atoms with Gasteiger partial charge in [0.1, 0.15) is 6.04 Å². The lowest BCUT2D eigenvalue weighted by atomic mass is 10.0. The molecule has 144 valence electrons. The minimum absolute atomic E-state index is 0.117. The van der Waals surface area contributed by atoms with Crippen molar-refractivity contribution in [1.82, 2.24) is 10.2 Å². The highest BCUT2D eigenvalue weighted by Gasteiger charge is 2.26. The van der Waals surface area contributed by atoms with E-state index in [0.717, 1.165) is 16.7 Å². The van der Waals surface area contributed by atoms with Gasteiger partial charge in [-0.25, -0.2) is 0 Å². The molecule has 2 aromatic carbocycles.